The number of nitrogens with zero attached hydrogens (tertiary/aromatic N) is 2. The minimum Gasteiger partial charge on any atom is -0.265 e. The normalized spacial score (nSPS) is 10.8. The van der Waals surface area contributed by atoms with Crippen molar-refractivity contribution in [1.29, 1.82) is 5.26 Å². The number of benzene rings is 2. The van der Waals surface area contributed by atoms with Gasteiger partial charge in [-0.05, 0) is 28.8 Å². The fraction of sp³-hybridized carbons (Fsp3) is 0.0526. The summed E-state index contributed by atoms with van der Waals surface area (Å²) >= 11 is 0. The number of aromatic nitrogens is 1. The first-order valence-electron chi connectivity index (χ1n) is 6.81. The van der Waals surface area contributed by atoms with E-state index in [1.54, 1.807) is 12.4 Å². The molecule has 0 saturated carbocycles. The number of hydrogen-bond donors (Lipinski definition) is 0. The second-order valence-electron chi connectivity index (χ2n) is 4.83. The van der Waals surface area contributed by atoms with E-state index in [2.05, 4.69) is 11.1 Å². The van der Waals surface area contributed by atoms with Crippen molar-refractivity contribution in [3.8, 4) is 6.07 Å². The van der Waals surface area contributed by atoms with E-state index >= 15 is 0 Å². The van der Waals surface area contributed by atoms with Crippen molar-refractivity contribution < 1.29 is 0 Å². The minimum absolute atomic E-state index is 0.814. The minimum atomic E-state index is -0.814. The molecular weight excluding hydrogens is 256 g/mol. The molecule has 0 spiro atoms. The lowest BCUT2D eigenvalue weighted by atomic mass is 9.71. The molecule has 0 fully saturated rings. The van der Waals surface area contributed by atoms with Crippen LogP contribution < -0.4 is 0 Å². The summed E-state index contributed by atoms with van der Waals surface area (Å²) in [6.07, 6.45) is 3.46. The van der Waals surface area contributed by atoms with Gasteiger partial charge in [0, 0.05) is 12.4 Å². The van der Waals surface area contributed by atoms with E-state index in [-0.39, 0.29) is 0 Å². The van der Waals surface area contributed by atoms with Crippen molar-refractivity contribution in [3.63, 3.8) is 0 Å². The molecule has 0 amide bonds. The third-order valence-corrected chi connectivity index (χ3v) is 3.69. The van der Waals surface area contributed by atoms with Gasteiger partial charge in [-0.2, -0.15) is 5.26 Å². The van der Waals surface area contributed by atoms with E-state index in [0.717, 1.165) is 16.7 Å². The molecule has 100 valence electrons. The molecule has 2 aromatic carbocycles. The molecular formula is C19H14N2. The SMILES string of the molecule is N#CC(c1ccccc1)(c1ccccc1)c1ccncc1. The quantitative estimate of drug-likeness (QED) is 0.722. The van der Waals surface area contributed by atoms with Crippen molar-refractivity contribution in [2.24, 2.45) is 0 Å². The van der Waals surface area contributed by atoms with Gasteiger partial charge < -0.3 is 0 Å². The summed E-state index contributed by atoms with van der Waals surface area (Å²) < 4.78 is 0. The average molecular weight is 270 g/mol. The Hall–Kier alpha value is -2.92. The van der Waals surface area contributed by atoms with Crippen LogP contribution in [0.5, 0.6) is 0 Å². The molecule has 21 heavy (non-hydrogen) atoms. The Bertz CT molecular complexity index is 647. The Kier molecular flexibility index (Phi) is 3.49. The van der Waals surface area contributed by atoms with Gasteiger partial charge in [0.1, 0.15) is 5.41 Å². The Balaban J connectivity index is 2.32. The largest absolute Gasteiger partial charge is 0.265 e. The summed E-state index contributed by atoms with van der Waals surface area (Å²) in [5, 5.41) is 10.1. The fourth-order valence-electron chi connectivity index (χ4n) is 2.67. The summed E-state index contributed by atoms with van der Waals surface area (Å²) in [5.74, 6) is 0. The molecule has 0 bridgehead atoms. The molecule has 0 aliphatic carbocycles. The van der Waals surface area contributed by atoms with Gasteiger partial charge in [0.05, 0.1) is 6.07 Å². The van der Waals surface area contributed by atoms with E-state index in [1.807, 2.05) is 72.8 Å². The Morgan fingerprint density at radius 2 is 1.10 bits per heavy atom. The van der Waals surface area contributed by atoms with Crippen molar-refractivity contribution in [2.45, 2.75) is 5.41 Å². The maximum Gasteiger partial charge on any atom is 0.132 e. The molecule has 0 aliphatic rings. The zero-order valence-electron chi connectivity index (χ0n) is 11.5. The van der Waals surface area contributed by atoms with Crippen LogP contribution in [0.1, 0.15) is 16.7 Å². The standard InChI is InChI=1S/C19H14N2/c20-15-19(16-7-3-1-4-8-16,17-9-5-2-6-10-17)18-11-13-21-14-12-18/h1-14H. The number of pyridine rings is 1. The first-order chi connectivity index (χ1) is 10.4. The van der Waals surface area contributed by atoms with Crippen LogP contribution in [-0.2, 0) is 5.41 Å². The molecule has 1 heterocycles. The highest BCUT2D eigenvalue weighted by Gasteiger charge is 2.36. The highest BCUT2D eigenvalue weighted by molar-refractivity contribution is 5.55. The molecule has 1 aromatic heterocycles. The van der Waals surface area contributed by atoms with Crippen LogP contribution in [0.2, 0.25) is 0 Å². The van der Waals surface area contributed by atoms with E-state index < -0.39 is 5.41 Å². The predicted octanol–water partition coefficient (Wildman–Crippen LogP) is 3.94. The third kappa shape index (κ3) is 2.19. The lowest BCUT2D eigenvalue weighted by Gasteiger charge is -2.28. The highest BCUT2D eigenvalue weighted by atomic mass is 14.6. The molecule has 0 atom stereocenters. The van der Waals surface area contributed by atoms with Crippen molar-refractivity contribution in [3.05, 3.63) is 102 Å². The van der Waals surface area contributed by atoms with Gasteiger partial charge in [-0.25, -0.2) is 0 Å². The van der Waals surface area contributed by atoms with Gasteiger partial charge in [0.25, 0.3) is 0 Å². The van der Waals surface area contributed by atoms with E-state index in [0.29, 0.717) is 0 Å². The second-order valence-corrected chi connectivity index (χ2v) is 4.83. The smallest absolute Gasteiger partial charge is 0.132 e. The van der Waals surface area contributed by atoms with Crippen LogP contribution in [0.15, 0.2) is 85.2 Å². The van der Waals surface area contributed by atoms with Crippen LogP contribution in [0.3, 0.4) is 0 Å². The van der Waals surface area contributed by atoms with Gasteiger partial charge in [-0.3, -0.25) is 4.98 Å². The maximum atomic E-state index is 10.1. The number of hydrogen-bond acceptors (Lipinski definition) is 2. The summed E-state index contributed by atoms with van der Waals surface area (Å²) in [5.41, 5.74) is 2.04. The maximum absolute atomic E-state index is 10.1. The van der Waals surface area contributed by atoms with Gasteiger partial charge in [-0.15, -0.1) is 0 Å². The van der Waals surface area contributed by atoms with Crippen LogP contribution in [0.25, 0.3) is 0 Å². The molecule has 3 aromatic rings. The van der Waals surface area contributed by atoms with Gasteiger partial charge in [-0.1, -0.05) is 60.7 Å². The first-order valence-corrected chi connectivity index (χ1v) is 6.81. The molecule has 0 radical (unpaired) electrons. The summed E-state index contributed by atoms with van der Waals surface area (Å²) in [6, 6.07) is 26.1. The molecule has 0 saturated heterocycles. The second kappa shape index (κ2) is 5.60. The Morgan fingerprint density at radius 1 is 0.667 bits per heavy atom. The van der Waals surface area contributed by atoms with Crippen LogP contribution in [-0.4, -0.2) is 4.98 Å². The van der Waals surface area contributed by atoms with Crippen molar-refractivity contribution in [2.75, 3.05) is 0 Å². The Morgan fingerprint density at radius 3 is 1.52 bits per heavy atom. The average Bonchev–Trinajstić information content (AvgIpc) is 2.59. The Labute approximate surface area is 124 Å². The van der Waals surface area contributed by atoms with Gasteiger partial charge in [0.15, 0.2) is 0 Å². The molecule has 2 nitrogen and oxygen atoms in total. The highest BCUT2D eigenvalue weighted by Crippen LogP contribution is 2.38. The number of nitriles is 1. The topological polar surface area (TPSA) is 36.7 Å². The summed E-state index contributed by atoms with van der Waals surface area (Å²) in [6.45, 7) is 0. The monoisotopic (exact) mass is 270 g/mol. The molecule has 0 N–H and O–H groups in total. The van der Waals surface area contributed by atoms with Gasteiger partial charge >= 0.3 is 0 Å². The van der Waals surface area contributed by atoms with Crippen molar-refractivity contribution >= 4 is 0 Å². The molecule has 0 unspecified atom stereocenters. The van der Waals surface area contributed by atoms with Gasteiger partial charge in [0.2, 0.25) is 0 Å². The molecule has 3 rings (SSSR count). The lowest BCUT2D eigenvalue weighted by Crippen LogP contribution is -2.27. The zero-order chi connectivity index (χ0) is 14.5. The van der Waals surface area contributed by atoms with E-state index in [4.69, 9.17) is 0 Å². The fourth-order valence-corrected chi connectivity index (χ4v) is 2.67. The number of rotatable bonds is 3. The van der Waals surface area contributed by atoms with Crippen LogP contribution in [0.4, 0.5) is 0 Å². The molecule has 0 aliphatic heterocycles. The summed E-state index contributed by atoms with van der Waals surface area (Å²) in [4.78, 5) is 4.07. The predicted molar refractivity (Wildman–Crippen MR) is 82.6 cm³/mol. The lowest BCUT2D eigenvalue weighted by molar-refractivity contribution is 0.792. The molecule has 2 heteroatoms. The summed E-state index contributed by atoms with van der Waals surface area (Å²) in [7, 11) is 0. The zero-order valence-corrected chi connectivity index (χ0v) is 11.5. The van der Waals surface area contributed by atoms with Crippen molar-refractivity contribution in [1.82, 2.24) is 4.98 Å². The van der Waals surface area contributed by atoms with E-state index in [1.165, 1.54) is 0 Å². The van der Waals surface area contributed by atoms with Crippen LogP contribution in [0, 0.1) is 11.3 Å². The first kappa shape index (κ1) is 13.1. The van der Waals surface area contributed by atoms with Crippen LogP contribution >= 0.6 is 0 Å². The van der Waals surface area contributed by atoms with E-state index in [9.17, 15) is 5.26 Å². The third-order valence-electron chi connectivity index (χ3n) is 3.69.